The van der Waals surface area contributed by atoms with Crippen molar-refractivity contribution in [3.63, 3.8) is 0 Å². The topological polar surface area (TPSA) is 121 Å². The molecule has 4 aliphatic rings. The molecule has 1 fully saturated rings. The summed E-state index contributed by atoms with van der Waals surface area (Å²) in [7, 11) is -3.57. The molecular formula is C55H47FN6O5Si. The van der Waals surface area contributed by atoms with E-state index in [4.69, 9.17) is 4.74 Å². The second-order valence-electron chi connectivity index (χ2n) is 19.0. The molecule has 338 valence electrons. The summed E-state index contributed by atoms with van der Waals surface area (Å²) in [5.74, 6) is -1.56. The molecule has 1 unspecified atom stereocenters. The average Bonchev–Trinajstić information content (AvgIpc) is 4.13. The first kappa shape index (κ1) is 42.1. The second kappa shape index (κ2) is 15.6. The summed E-state index contributed by atoms with van der Waals surface area (Å²) in [5.41, 5.74) is 5.37. The van der Waals surface area contributed by atoms with Crippen molar-refractivity contribution in [2.24, 2.45) is 5.92 Å². The van der Waals surface area contributed by atoms with Gasteiger partial charge in [-0.2, -0.15) is 0 Å². The van der Waals surface area contributed by atoms with Crippen LogP contribution >= 0.6 is 0 Å². The number of aryl methyl sites for hydroxylation is 1. The van der Waals surface area contributed by atoms with E-state index < -0.39 is 31.6 Å². The zero-order chi connectivity index (χ0) is 46.6. The Bertz CT molecular complexity index is 3380. The molecule has 5 atom stereocenters. The van der Waals surface area contributed by atoms with E-state index in [0.29, 0.717) is 52.4 Å². The number of amides is 3. The fourth-order valence-corrected chi connectivity index (χ4v) is 14.4. The lowest BCUT2D eigenvalue weighted by Crippen LogP contribution is -2.45. The number of hydrogen-bond donors (Lipinski definition) is 1. The van der Waals surface area contributed by atoms with Gasteiger partial charge in [-0.25, -0.2) is 0 Å². The highest BCUT2D eigenvalue weighted by molar-refractivity contribution is 6.72. The predicted molar refractivity (Wildman–Crippen MR) is 263 cm³/mol. The van der Waals surface area contributed by atoms with Crippen molar-refractivity contribution < 1.29 is 28.3 Å². The van der Waals surface area contributed by atoms with E-state index in [1.165, 1.54) is 0 Å². The number of aromatic nitrogens is 3. The Hall–Kier alpha value is -7.32. The Kier molecular flexibility index (Phi) is 9.66. The number of hydrogen-bond acceptors (Lipinski definition) is 7. The van der Waals surface area contributed by atoms with Crippen LogP contribution in [-0.4, -0.2) is 58.9 Å². The number of rotatable bonds is 11. The molecule has 12 rings (SSSR count). The smallest absolute Gasteiger partial charge is 0.264 e. The maximum absolute atomic E-state index is 17.1. The third kappa shape index (κ3) is 6.25. The number of anilines is 5. The zero-order valence-corrected chi connectivity index (χ0v) is 38.7. The van der Waals surface area contributed by atoms with Crippen molar-refractivity contribution in [1.29, 1.82) is 0 Å². The number of aliphatic hydroxyl groups excluding tert-OH is 1. The maximum Gasteiger partial charge on any atom is 0.264 e. The van der Waals surface area contributed by atoms with E-state index >= 15 is 8.90 Å². The number of ether oxygens (including phenoxy) is 1. The van der Waals surface area contributed by atoms with Gasteiger partial charge >= 0.3 is 0 Å². The minimum Gasteiger partial charge on any atom is -0.395 e. The number of carbonyl (C=O) groups is 3. The van der Waals surface area contributed by atoms with Crippen molar-refractivity contribution in [3.05, 3.63) is 185 Å². The molecule has 1 N–H and O–H groups in total. The fourth-order valence-electron chi connectivity index (χ4n) is 11.8. The molecule has 68 heavy (non-hydrogen) atoms. The molecule has 13 heteroatoms. The van der Waals surface area contributed by atoms with Crippen LogP contribution in [0.2, 0.25) is 18.6 Å². The highest BCUT2D eigenvalue weighted by Crippen LogP contribution is 2.61. The number of carbonyl (C=O) groups excluding carboxylic acids is 3. The van der Waals surface area contributed by atoms with Crippen LogP contribution in [0.5, 0.6) is 0 Å². The lowest BCUT2D eigenvalue weighted by molar-refractivity contribution is -0.146. The predicted octanol–water partition coefficient (Wildman–Crippen LogP) is 10.7. The van der Waals surface area contributed by atoms with E-state index in [2.05, 4.69) is 10.3 Å². The Labute approximate surface area is 393 Å². The highest BCUT2D eigenvalue weighted by atomic mass is 28.4. The van der Waals surface area contributed by atoms with Gasteiger partial charge in [0.1, 0.15) is 0 Å². The van der Waals surface area contributed by atoms with Crippen LogP contribution in [0.3, 0.4) is 0 Å². The van der Waals surface area contributed by atoms with Gasteiger partial charge in [-0.05, 0) is 96.0 Å². The van der Waals surface area contributed by atoms with Crippen LogP contribution in [-0.2, 0) is 28.2 Å². The number of benzene rings is 7. The fraction of sp³-hybridized carbons (Fsp3) is 0.218. The molecule has 5 heterocycles. The SMILES string of the molecule is C[C@H]1[C@H]([Si](C)(C)F)[C@@H](CCn2cc(C(CO)c3ccccc3)nn2)O[C@]12C(=O)N(Cc1cccc(N3C(=O)c4cccc5cccc3c45)c1)c1ccc(N3C(=O)c4cccc5cccc3c45)cc12. The third-order valence-corrected chi connectivity index (χ3v) is 17.2. The van der Waals surface area contributed by atoms with E-state index in [-0.39, 0.29) is 36.8 Å². The first-order valence-electron chi connectivity index (χ1n) is 23.2. The summed E-state index contributed by atoms with van der Waals surface area (Å²) in [6.45, 7) is 5.64. The van der Waals surface area contributed by atoms with E-state index in [1.807, 2.05) is 159 Å². The zero-order valence-electron chi connectivity index (χ0n) is 37.7. The summed E-state index contributed by atoms with van der Waals surface area (Å²) in [6.07, 6.45) is 1.49. The standard InChI is InChI=1S/C55H47FN6O5Si/c1-33-51(68(2,3)56)48(26-27-59-31-44(57-58-59)42(32-63)35-13-5-4-6-14-35)67-55(33)43-29-39(62-47-23-11-18-37-16-9-21-41(50(37)47)53(62)65)24-25-45(43)60(54(55)66)30-34-12-7-19-38(28-34)61-46-22-10-17-36-15-8-20-40(49(36)46)52(61)64/h4-25,28-29,31,33,42,48,51,63H,26-27,30,32H2,1-3H3/t33-,42?,48+,51-,55+/m0/s1. The molecule has 0 bridgehead atoms. The molecule has 7 aromatic carbocycles. The van der Waals surface area contributed by atoms with E-state index in [1.54, 1.807) is 32.5 Å². The van der Waals surface area contributed by atoms with Gasteiger partial charge in [-0.15, -0.1) is 5.10 Å². The number of aliphatic hydroxyl groups is 1. The van der Waals surface area contributed by atoms with Gasteiger partial charge in [-0.1, -0.05) is 103 Å². The van der Waals surface area contributed by atoms with Gasteiger partial charge in [0.25, 0.3) is 17.7 Å². The van der Waals surface area contributed by atoms with Gasteiger partial charge in [0.05, 0.1) is 59.1 Å². The summed E-state index contributed by atoms with van der Waals surface area (Å²) >= 11 is 0. The summed E-state index contributed by atoms with van der Waals surface area (Å²) in [4.78, 5) is 49.2. The Morgan fingerprint density at radius 1 is 0.735 bits per heavy atom. The minimum atomic E-state index is -3.57. The van der Waals surface area contributed by atoms with Crippen molar-refractivity contribution >= 4 is 76.1 Å². The first-order chi connectivity index (χ1) is 33.0. The van der Waals surface area contributed by atoms with E-state index in [0.717, 1.165) is 44.0 Å². The van der Waals surface area contributed by atoms with Gasteiger partial charge < -0.3 is 18.9 Å². The quantitative estimate of drug-likeness (QED) is 0.101. The van der Waals surface area contributed by atoms with Crippen LogP contribution in [0, 0.1) is 5.92 Å². The number of halogens is 1. The molecule has 0 aliphatic carbocycles. The van der Waals surface area contributed by atoms with Crippen LogP contribution in [0.15, 0.2) is 152 Å². The van der Waals surface area contributed by atoms with Crippen molar-refractivity contribution in [2.45, 2.75) is 62.7 Å². The van der Waals surface area contributed by atoms with Gasteiger partial charge in [0.15, 0.2) is 5.60 Å². The molecule has 4 aliphatic heterocycles. The second-order valence-corrected chi connectivity index (χ2v) is 22.8. The minimum absolute atomic E-state index is 0.118. The Morgan fingerprint density at radius 2 is 1.35 bits per heavy atom. The summed E-state index contributed by atoms with van der Waals surface area (Å²) < 4.78 is 26.0. The van der Waals surface area contributed by atoms with Crippen LogP contribution in [0.25, 0.3) is 21.5 Å². The van der Waals surface area contributed by atoms with E-state index in [9.17, 15) is 14.7 Å². The van der Waals surface area contributed by atoms with Crippen LogP contribution in [0.1, 0.15) is 62.4 Å². The Balaban J connectivity index is 0.925. The molecular weight excluding hydrogens is 872 g/mol. The van der Waals surface area contributed by atoms with Gasteiger partial charge in [-0.3, -0.25) is 28.9 Å². The molecule has 1 aromatic heterocycles. The molecule has 3 amide bonds. The van der Waals surface area contributed by atoms with Crippen molar-refractivity contribution in [3.8, 4) is 0 Å². The largest absolute Gasteiger partial charge is 0.395 e. The normalized spacial score (nSPS) is 21.0. The molecule has 0 saturated carbocycles. The molecule has 1 spiro atoms. The summed E-state index contributed by atoms with van der Waals surface area (Å²) in [5, 5.41) is 22.9. The van der Waals surface area contributed by atoms with Crippen molar-refractivity contribution in [1.82, 2.24) is 15.0 Å². The van der Waals surface area contributed by atoms with Crippen LogP contribution < -0.4 is 14.7 Å². The maximum atomic E-state index is 17.1. The van der Waals surface area contributed by atoms with Crippen LogP contribution in [0.4, 0.5) is 32.5 Å². The third-order valence-electron chi connectivity index (χ3n) is 14.8. The lowest BCUT2D eigenvalue weighted by atomic mass is 9.82. The first-order valence-corrected chi connectivity index (χ1v) is 26.1. The molecule has 0 radical (unpaired) electrons. The molecule has 1 saturated heterocycles. The Morgan fingerprint density at radius 3 is 1.99 bits per heavy atom. The van der Waals surface area contributed by atoms with Gasteiger partial charge in [0.2, 0.25) is 8.41 Å². The summed E-state index contributed by atoms with van der Waals surface area (Å²) in [6, 6.07) is 46.2. The number of fused-ring (bicyclic) bond motifs is 2. The van der Waals surface area contributed by atoms with Crippen molar-refractivity contribution in [2.75, 3.05) is 21.3 Å². The van der Waals surface area contributed by atoms with Gasteiger partial charge in [0, 0.05) is 51.9 Å². The lowest BCUT2D eigenvalue weighted by Gasteiger charge is -2.31. The highest BCUT2D eigenvalue weighted by Gasteiger charge is 2.66. The molecule has 8 aromatic rings. The monoisotopic (exact) mass is 918 g/mol. The number of nitrogens with zero attached hydrogens (tertiary/aromatic N) is 6. The average molecular weight is 919 g/mol. The molecule has 11 nitrogen and oxygen atoms in total.